The first-order valence-electron chi connectivity index (χ1n) is 12.2. The van der Waals surface area contributed by atoms with Crippen molar-refractivity contribution in [1.29, 1.82) is 0 Å². The molecule has 0 unspecified atom stereocenters. The Labute approximate surface area is 208 Å². The zero-order chi connectivity index (χ0) is 26.3. The molecule has 10 heteroatoms. The fourth-order valence-corrected chi connectivity index (χ4v) is 4.34. The number of piperazine rings is 1. The summed E-state index contributed by atoms with van der Waals surface area (Å²) in [4.78, 5) is 26.0. The van der Waals surface area contributed by atoms with Crippen LogP contribution in [0.4, 0.5) is 19.0 Å². The molecule has 0 radical (unpaired) electrons. The lowest BCUT2D eigenvalue weighted by molar-refractivity contribution is -0.137. The number of hydrogen-bond donors (Lipinski definition) is 0. The van der Waals surface area contributed by atoms with Crippen molar-refractivity contribution in [1.82, 2.24) is 20.0 Å². The summed E-state index contributed by atoms with van der Waals surface area (Å²) in [6.45, 7) is 12.4. The second-order valence-electron chi connectivity index (χ2n) is 11.0. The summed E-state index contributed by atoms with van der Waals surface area (Å²) in [6.07, 6.45) is -3.39. The minimum atomic E-state index is -4.48. The predicted octanol–water partition coefficient (Wildman–Crippen LogP) is 5.59. The molecule has 1 aliphatic rings. The van der Waals surface area contributed by atoms with E-state index in [0.717, 1.165) is 12.1 Å². The summed E-state index contributed by atoms with van der Waals surface area (Å²) in [5.74, 6) is 1.58. The van der Waals surface area contributed by atoms with Gasteiger partial charge in [0.05, 0.1) is 5.56 Å². The van der Waals surface area contributed by atoms with Crippen molar-refractivity contribution in [2.45, 2.75) is 53.6 Å². The molecular formula is C26H32F3N5O2. The van der Waals surface area contributed by atoms with Crippen LogP contribution in [0.25, 0.3) is 22.4 Å². The van der Waals surface area contributed by atoms with E-state index in [4.69, 9.17) is 9.51 Å². The Balaban J connectivity index is 1.71. The van der Waals surface area contributed by atoms with Crippen molar-refractivity contribution in [3.8, 4) is 11.3 Å². The number of fused-ring (bicyclic) bond motifs is 1. The highest BCUT2D eigenvalue weighted by molar-refractivity contribution is 5.98. The van der Waals surface area contributed by atoms with Crippen LogP contribution >= 0.6 is 0 Å². The second-order valence-corrected chi connectivity index (χ2v) is 11.0. The maximum absolute atomic E-state index is 13.4. The number of amides is 1. The highest BCUT2D eigenvalue weighted by atomic mass is 19.4. The number of aromatic nitrogens is 3. The van der Waals surface area contributed by atoms with Gasteiger partial charge in [-0.05, 0) is 23.5 Å². The van der Waals surface area contributed by atoms with Gasteiger partial charge in [0.15, 0.2) is 0 Å². The van der Waals surface area contributed by atoms with Gasteiger partial charge in [0.1, 0.15) is 22.7 Å². The molecule has 1 saturated heterocycles. The minimum Gasteiger partial charge on any atom is -0.352 e. The van der Waals surface area contributed by atoms with Crippen LogP contribution < -0.4 is 4.90 Å². The van der Waals surface area contributed by atoms with E-state index in [1.165, 1.54) is 6.07 Å². The van der Waals surface area contributed by atoms with Crippen molar-refractivity contribution >= 4 is 22.8 Å². The molecular weight excluding hydrogens is 471 g/mol. The molecule has 2 aromatic heterocycles. The lowest BCUT2D eigenvalue weighted by Crippen LogP contribution is -2.49. The highest BCUT2D eigenvalue weighted by Crippen LogP contribution is 2.37. The van der Waals surface area contributed by atoms with Crippen molar-refractivity contribution in [2.24, 2.45) is 11.3 Å². The molecule has 0 spiro atoms. The third-order valence-electron chi connectivity index (χ3n) is 6.03. The summed E-state index contributed by atoms with van der Waals surface area (Å²) in [5.41, 5.74) is -0.0611. The fraction of sp³-hybridized carbons (Fsp3) is 0.538. The van der Waals surface area contributed by atoms with Crippen LogP contribution in [0.5, 0.6) is 0 Å². The minimum absolute atomic E-state index is 0.0961. The Kier molecular flexibility index (Phi) is 6.99. The van der Waals surface area contributed by atoms with Crippen molar-refractivity contribution < 1.29 is 22.5 Å². The molecule has 1 aliphatic heterocycles. The first kappa shape index (κ1) is 25.9. The Morgan fingerprint density at radius 3 is 2.39 bits per heavy atom. The fourth-order valence-electron chi connectivity index (χ4n) is 4.34. The maximum atomic E-state index is 13.4. The number of benzene rings is 1. The third kappa shape index (κ3) is 5.79. The Morgan fingerprint density at radius 1 is 1.08 bits per heavy atom. The third-order valence-corrected chi connectivity index (χ3v) is 6.03. The second kappa shape index (κ2) is 9.71. The molecule has 194 valence electrons. The number of anilines is 1. The van der Waals surface area contributed by atoms with Crippen LogP contribution in [-0.2, 0) is 17.4 Å². The number of hydrogen-bond acceptors (Lipinski definition) is 6. The molecule has 4 rings (SSSR count). The number of alkyl halides is 3. The average Bonchev–Trinajstić information content (AvgIpc) is 3.20. The van der Waals surface area contributed by atoms with Crippen LogP contribution in [0, 0.1) is 11.3 Å². The Bertz CT molecular complexity index is 1240. The van der Waals surface area contributed by atoms with Gasteiger partial charge in [0, 0.05) is 44.6 Å². The molecule has 0 aliphatic carbocycles. The molecule has 3 aromatic rings. The molecule has 0 atom stereocenters. The smallest absolute Gasteiger partial charge is 0.352 e. The first-order valence-corrected chi connectivity index (χ1v) is 12.2. The normalized spacial score (nSPS) is 15.2. The monoisotopic (exact) mass is 503 g/mol. The lowest BCUT2D eigenvalue weighted by atomic mass is 9.91. The van der Waals surface area contributed by atoms with Gasteiger partial charge in [-0.2, -0.15) is 18.2 Å². The van der Waals surface area contributed by atoms with Crippen LogP contribution in [0.2, 0.25) is 0 Å². The van der Waals surface area contributed by atoms with Gasteiger partial charge >= 0.3 is 6.18 Å². The van der Waals surface area contributed by atoms with E-state index in [1.807, 2.05) is 30.6 Å². The molecule has 0 bridgehead atoms. The largest absolute Gasteiger partial charge is 0.416 e. The van der Waals surface area contributed by atoms with Gasteiger partial charge < -0.3 is 14.3 Å². The van der Waals surface area contributed by atoms with E-state index in [1.54, 1.807) is 6.07 Å². The van der Waals surface area contributed by atoms with Crippen molar-refractivity contribution in [3.63, 3.8) is 0 Å². The summed E-state index contributed by atoms with van der Waals surface area (Å²) in [7, 11) is 0. The van der Waals surface area contributed by atoms with Crippen molar-refractivity contribution in [3.05, 3.63) is 35.7 Å². The van der Waals surface area contributed by atoms with Crippen LogP contribution in [0.1, 0.15) is 52.4 Å². The zero-order valence-electron chi connectivity index (χ0n) is 21.3. The van der Waals surface area contributed by atoms with E-state index in [2.05, 4.69) is 24.0 Å². The predicted molar refractivity (Wildman–Crippen MR) is 131 cm³/mol. The lowest BCUT2D eigenvalue weighted by Gasteiger charge is -2.36. The number of rotatable bonds is 5. The topological polar surface area (TPSA) is 75.4 Å². The number of carbonyl (C=O) groups is 1. The number of nitrogens with zero attached hydrogens (tertiary/aromatic N) is 5. The van der Waals surface area contributed by atoms with Gasteiger partial charge in [-0.15, -0.1) is 0 Å². The van der Waals surface area contributed by atoms with Crippen LogP contribution in [0.3, 0.4) is 0 Å². The van der Waals surface area contributed by atoms with Crippen LogP contribution in [0.15, 0.2) is 28.8 Å². The van der Waals surface area contributed by atoms with Gasteiger partial charge in [-0.25, -0.2) is 4.98 Å². The Hall–Kier alpha value is -3.17. The van der Waals surface area contributed by atoms with E-state index in [0.29, 0.717) is 62.0 Å². The highest BCUT2D eigenvalue weighted by Gasteiger charge is 2.32. The van der Waals surface area contributed by atoms with E-state index >= 15 is 0 Å². The van der Waals surface area contributed by atoms with Crippen LogP contribution in [-0.4, -0.2) is 52.1 Å². The summed E-state index contributed by atoms with van der Waals surface area (Å²) in [5, 5.41) is 4.59. The number of halogens is 3. The molecule has 1 fully saturated rings. The zero-order valence-corrected chi connectivity index (χ0v) is 21.3. The summed E-state index contributed by atoms with van der Waals surface area (Å²) in [6, 6.07) is 5.01. The Morgan fingerprint density at radius 2 is 1.78 bits per heavy atom. The molecule has 0 N–H and O–H groups in total. The molecule has 1 amide bonds. The quantitative estimate of drug-likeness (QED) is 0.452. The molecule has 3 heterocycles. The molecule has 0 saturated carbocycles. The van der Waals surface area contributed by atoms with Gasteiger partial charge in [0.2, 0.25) is 5.91 Å². The summed E-state index contributed by atoms with van der Waals surface area (Å²) < 4.78 is 45.6. The summed E-state index contributed by atoms with van der Waals surface area (Å²) >= 11 is 0. The molecule has 7 nitrogen and oxygen atoms in total. The molecule has 1 aromatic carbocycles. The first-order chi connectivity index (χ1) is 16.8. The maximum Gasteiger partial charge on any atom is 0.416 e. The van der Waals surface area contributed by atoms with Gasteiger partial charge in [-0.1, -0.05) is 51.9 Å². The average molecular weight is 504 g/mol. The van der Waals surface area contributed by atoms with E-state index in [-0.39, 0.29) is 28.3 Å². The molecule has 36 heavy (non-hydrogen) atoms. The standard InChI is InChI=1S/C26H32F3N5O2/c1-16(2)13-19-30-23(34-11-9-33(10-12-34)20(35)15-25(3,4)5)21-22(32-36-24(21)31-19)17-7-6-8-18(14-17)26(27,28)29/h6-8,14,16H,9-13,15H2,1-5H3. The van der Waals surface area contributed by atoms with Crippen molar-refractivity contribution in [2.75, 3.05) is 31.1 Å². The SMILES string of the molecule is CC(C)Cc1nc(N2CCN(C(=O)CC(C)(C)C)CC2)c2c(-c3cccc(C(F)(F)F)c3)noc2n1. The van der Waals surface area contributed by atoms with Gasteiger partial charge in [0.25, 0.3) is 5.71 Å². The van der Waals surface area contributed by atoms with Gasteiger partial charge in [-0.3, -0.25) is 4.79 Å². The van der Waals surface area contributed by atoms with E-state index in [9.17, 15) is 18.0 Å². The number of carbonyl (C=O) groups excluding carboxylic acids is 1. The van der Waals surface area contributed by atoms with E-state index < -0.39 is 11.7 Å².